The molecular weight excluding hydrogens is 174 g/mol. The highest BCUT2D eigenvalue weighted by Gasteiger charge is 2.04. The van der Waals surface area contributed by atoms with Gasteiger partial charge in [-0.3, -0.25) is 0 Å². The van der Waals surface area contributed by atoms with Crippen molar-refractivity contribution in [1.82, 2.24) is 0 Å². The van der Waals surface area contributed by atoms with Gasteiger partial charge < -0.3 is 5.73 Å². The Labute approximate surface area is 74.6 Å². The minimum atomic E-state index is 0.266. The van der Waals surface area contributed by atoms with Crippen LogP contribution in [0.3, 0.4) is 0 Å². The second-order valence-corrected chi connectivity index (χ2v) is 2.55. The SMILES string of the molecule is N#Cc1cc(C#N)c(Cl)cc1N. The fraction of sp³-hybridized carbons (Fsp3) is 0. The second-order valence-electron chi connectivity index (χ2n) is 2.14. The van der Waals surface area contributed by atoms with Gasteiger partial charge in [-0.25, -0.2) is 0 Å². The zero-order chi connectivity index (χ0) is 9.14. The summed E-state index contributed by atoms with van der Waals surface area (Å²) in [4.78, 5) is 0. The molecule has 0 unspecified atom stereocenters. The molecule has 0 aliphatic carbocycles. The molecule has 0 radical (unpaired) electrons. The van der Waals surface area contributed by atoms with E-state index >= 15 is 0 Å². The van der Waals surface area contributed by atoms with E-state index in [1.807, 2.05) is 12.1 Å². The van der Waals surface area contributed by atoms with Gasteiger partial charge in [-0.15, -0.1) is 0 Å². The lowest BCUT2D eigenvalue weighted by atomic mass is 10.1. The van der Waals surface area contributed by atoms with Gasteiger partial charge >= 0.3 is 0 Å². The van der Waals surface area contributed by atoms with Gasteiger partial charge in [0.2, 0.25) is 0 Å². The molecule has 0 bridgehead atoms. The van der Waals surface area contributed by atoms with Crippen molar-refractivity contribution in [3.8, 4) is 12.1 Å². The van der Waals surface area contributed by atoms with Crippen LogP contribution in [-0.2, 0) is 0 Å². The Hall–Kier alpha value is -1.71. The van der Waals surface area contributed by atoms with Crippen LogP contribution in [0, 0.1) is 22.7 Å². The van der Waals surface area contributed by atoms with E-state index in [0.29, 0.717) is 5.69 Å². The van der Waals surface area contributed by atoms with Gasteiger partial charge in [0.15, 0.2) is 0 Å². The number of nitrogens with zero attached hydrogens (tertiary/aromatic N) is 2. The summed E-state index contributed by atoms with van der Waals surface area (Å²) in [7, 11) is 0. The molecule has 0 heterocycles. The molecule has 58 valence electrons. The van der Waals surface area contributed by atoms with Crippen molar-refractivity contribution < 1.29 is 0 Å². The molecule has 3 nitrogen and oxygen atoms in total. The van der Waals surface area contributed by atoms with E-state index < -0.39 is 0 Å². The zero-order valence-corrected chi connectivity index (χ0v) is 6.76. The van der Waals surface area contributed by atoms with Crippen molar-refractivity contribution in [2.24, 2.45) is 0 Å². The van der Waals surface area contributed by atoms with Crippen molar-refractivity contribution in [1.29, 1.82) is 10.5 Å². The Kier molecular flexibility index (Phi) is 2.19. The third-order valence-corrected chi connectivity index (χ3v) is 1.69. The van der Waals surface area contributed by atoms with E-state index in [1.54, 1.807) is 0 Å². The summed E-state index contributed by atoms with van der Waals surface area (Å²) in [6, 6.07) is 6.50. The minimum Gasteiger partial charge on any atom is -0.398 e. The summed E-state index contributed by atoms with van der Waals surface area (Å²) in [6.45, 7) is 0. The van der Waals surface area contributed by atoms with E-state index in [1.165, 1.54) is 12.1 Å². The van der Waals surface area contributed by atoms with E-state index in [4.69, 9.17) is 27.9 Å². The number of nitrogens with two attached hydrogens (primary N) is 1. The Balaban J connectivity index is 3.42. The maximum atomic E-state index is 8.55. The molecule has 0 spiro atoms. The molecule has 0 aliphatic heterocycles. The van der Waals surface area contributed by atoms with Gasteiger partial charge in [0.25, 0.3) is 0 Å². The van der Waals surface area contributed by atoms with E-state index in [-0.39, 0.29) is 16.1 Å². The number of nitrogen functional groups attached to an aromatic ring is 1. The van der Waals surface area contributed by atoms with Crippen LogP contribution in [0.25, 0.3) is 0 Å². The normalized spacial score (nSPS) is 8.58. The van der Waals surface area contributed by atoms with Crippen molar-refractivity contribution in [3.63, 3.8) is 0 Å². The van der Waals surface area contributed by atoms with Crippen LogP contribution < -0.4 is 5.73 Å². The molecule has 2 N–H and O–H groups in total. The lowest BCUT2D eigenvalue weighted by Crippen LogP contribution is -1.91. The summed E-state index contributed by atoms with van der Waals surface area (Å²) in [5.41, 5.74) is 6.27. The van der Waals surface area contributed by atoms with Crippen LogP contribution in [0.1, 0.15) is 11.1 Å². The molecular formula is C8H4ClN3. The van der Waals surface area contributed by atoms with E-state index in [0.717, 1.165) is 0 Å². The Bertz CT molecular complexity index is 363. The standard InChI is InChI=1S/C8H4ClN3/c9-7-2-8(12)6(4-11)1-5(7)3-10/h1-2H,12H2. The lowest BCUT2D eigenvalue weighted by Gasteiger charge is -1.98. The molecule has 4 heteroatoms. The zero-order valence-electron chi connectivity index (χ0n) is 6.00. The molecule has 0 saturated carbocycles. The number of benzene rings is 1. The van der Waals surface area contributed by atoms with Crippen LogP contribution in [-0.4, -0.2) is 0 Å². The van der Waals surface area contributed by atoms with Gasteiger partial charge in [-0.1, -0.05) is 11.6 Å². The van der Waals surface area contributed by atoms with E-state index in [9.17, 15) is 0 Å². The highest BCUT2D eigenvalue weighted by molar-refractivity contribution is 6.32. The molecule has 0 aliphatic rings. The van der Waals surface area contributed by atoms with E-state index in [2.05, 4.69) is 0 Å². The summed E-state index contributed by atoms with van der Waals surface area (Å²) in [6.07, 6.45) is 0. The minimum absolute atomic E-state index is 0.266. The molecule has 0 amide bonds. The maximum absolute atomic E-state index is 8.55. The first-order valence-corrected chi connectivity index (χ1v) is 3.46. The van der Waals surface area contributed by atoms with Crippen LogP contribution in [0.2, 0.25) is 5.02 Å². The fourth-order valence-corrected chi connectivity index (χ4v) is 0.986. The molecule has 1 aromatic rings. The predicted molar refractivity (Wildman–Crippen MR) is 45.3 cm³/mol. The first-order chi connectivity index (χ1) is 5.69. The molecule has 12 heavy (non-hydrogen) atoms. The molecule has 1 aromatic carbocycles. The summed E-state index contributed by atoms with van der Waals surface area (Å²) in [5.74, 6) is 0. The van der Waals surface area contributed by atoms with Gasteiger partial charge in [-0.05, 0) is 12.1 Å². The number of hydrogen-bond donors (Lipinski definition) is 1. The number of nitriles is 2. The molecule has 0 aromatic heterocycles. The smallest absolute Gasteiger partial charge is 0.101 e. The number of halogens is 1. The van der Waals surface area contributed by atoms with Gasteiger partial charge in [0, 0.05) is 0 Å². The highest BCUT2D eigenvalue weighted by atomic mass is 35.5. The summed E-state index contributed by atoms with van der Waals surface area (Å²) < 4.78 is 0. The highest BCUT2D eigenvalue weighted by Crippen LogP contribution is 2.21. The maximum Gasteiger partial charge on any atom is 0.101 e. The number of anilines is 1. The topological polar surface area (TPSA) is 73.6 Å². The third kappa shape index (κ3) is 1.32. The average Bonchev–Trinajstić information content (AvgIpc) is 2.05. The fourth-order valence-electron chi connectivity index (χ4n) is 0.771. The van der Waals surface area contributed by atoms with Crippen molar-refractivity contribution in [3.05, 3.63) is 28.3 Å². The van der Waals surface area contributed by atoms with Crippen molar-refractivity contribution >= 4 is 17.3 Å². The Morgan fingerprint density at radius 3 is 2.25 bits per heavy atom. The third-order valence-electron chi connectivity index (χ3n) is 1.38. The molecule has 1 rings (SSSR count). The Morgan fingerprint density at radius 1 is 1.17 bits per heavy atom. The first-order valence-electron chi connectivity index (χ1n) is 3.08. The monoisotopic (exact) mass is 177 g/mol. The molecule has 0 fully saturated rings. The van der Waals surface area contributed by atoms with Gasteiger partial charge in [0.1, 0.15) is 12.1 Å². The van der Waals surface area contributed by atoms with Crippen LogP contribution in [0.4, 0.5) is 5.69 Å². The van der Waals surface area contributed by atoms with Gasteiger partial charge in [0.05, 0.1) is 21.8 Å². The van der Waals surface area contributed by atoms with Crippen LogP contribution >= 0.6 is 11.6 Å². The Morgan fingerprint density at radius 2 is 1.75 bits per heavy atom. The van der Waals surface area contributed by atoms with Crippen LogP contribution in [0.5, 0.6) is 0 Å². The second kappa shape index (κ2) is 3.13. The predicted octanol–water partition coefficient (Wildman–Crippen LogP) is 1.67. The first kappa shape index (κ1) is 8.39. The quantitative estimate of drug-likeness (QED) is 0.613. The number of rotatable bonds is 0. The van der Waals surface area contributed by atoms with Crippen molar-refractivity contribution in [2.75, 3.05) is 5.73 Å². The van der Waals surface area contributed by atoms with Crippen LogP contribution in [0.15, 0.2) is 12.1 Å². The summed E-state index contributed by atoms with van der Waals surface area (Å²) >= 11 is 5.65. The van der Waals surface area contributed by atoms with Crippen molar-refractivity contribution in [2.45, 2.75) is 0 Å². The average molecular weight is 178 g/mol. The lowest BCUT2D eigenvalue weighted by molar-refractivity contribution is 1.45. The number of hydrogen-bond acceptors (Lipinski definition) is 3. The summed E-state index contributed by atoms with van der Waals surface area (Å²) in [5, 5.41) is 17.4. The molecule has 0 saturated heterocycles. The van der Waals surface area contributed by atoms with Gasteiger partial charge in [-0.2, -0.15) is 10.5 Å². The molecule has 0 atom stereocenters. The largest absolute Gasteiger partial charge is 0.398 e.